The van der Waals surface area contributed by atoms with Crippen LogP contribution in [0.4, 0.5) is 0 Å². The van der Waals surface area contributed by atoms with Crippen molar-refractivity contribution in [3.8, 4) is 0 Å². The van der Waals surface area contributed by atoms with Crippen LogP contribution in [-0.4, -0.2) is 12.6 Å². The van der Waals surface area contributed by atoms with Crippen LogP contribution in [0.5, 0.6) is 0 Å². The molecule has 1 heterocycles. The Kier molecular flexibility index (Phi) is 7.78. The summed E-state index contributed by atoms with van der Waals surface area (Å²) in [4.78, 5) is 1.47. The third-order valence-corrected chi connectivity index (χ3v) is 5.40. The molecule has 0 bridgehead atoms. The first-order chi connectivity index (χ1) is 9.31. The van der Waals surface area contributed by atoms with Crippen molar-refractivity contribution in [1.29, 1.82) is 0 Å². The van der Waals surface area contributed by atoms with Crippen LogP contribution >= 0.6 is 27.3 Å². The van der Waals surface area contributed by atoms with Gasteiger partial charge < -0.3 is 5.32 Å². The number of hydrogen-bond donors (Lipinski definition) is 1. The first-order valence-corrected chi connectivity index (χ1v) is 9.44. The first kappa shape index (κ1) is 18.2. The number of rotatable bonds is 8. The second-order valence-electron chi connectivity index (χ2n) is 7.15. The molecule has 20 heavy (non-hydrogen) atoms. The summed E-state index contributed by atoms with van der Waals surface area (Å²) in [7, 11) is 0. The normalized spacial score (nSPS) is 15.3. The fourth-order valence-corrected chi connectivity index (χ4v) is 4.49. The van der Waals surface area contributed by atoms with Crippen LogP contribution in [0.3, 0.4) is 0 Å². The number of hydrogen-bond acceptors (Lipinski definition) is 2. The van der Waals surface area contributed by atoms with Gasteiger partial charge in [0.25, 0.3) is 0 Å². The van der Waals surface area contributed by atoms with Crippen LogP contribution in [0.25, 0.3) is 0 Å². The first-order valence-electron chi connectivity index (χ1n) is 7.77. The molecular weight excluding hydrogens is 330 g/mol. The lowest BCUT2D eigenvalue weighted by Gasteiger charge is -2.27. The Morgan fingerprint density at radius 2 is 2.05 bits per heavy atom. The van der Waals surface area contributed by atoms with Crippen molar-refractivity contribution >= 4 is 27.3 Å². The van der Waals surface area contributed by atoms with E-state index in [2.05, 4.69) is 67.3 Å². The van der Waals surface area contributed by atoms with Gasteiger partial charge in [-0.15, -0.1) is 11.3 Å². The number of nitrogens with one attached hydrogen (secondary N) is 1. The molecule has 0 saturated carbocycles. The molecule has 2 atom stereocenters. The quantitative estimate of drug-likeness (QED) is 0.610. The van der Waals surface area contributed by atoms with Gasteiger partial charge in [0.2, 0.25) is 0 Å². The largest absolute Gasteiger partial charge is 0.314 e. The lowest BCUT2D eigenvalue weighted by atomic mass is 9.82. The van der Waals surface area contributed by atoms with Gasteiger partial charge >= 0.3 is 0 Å². The SMILES string of the molecule is CCCNC(Cc1sccc1Br)CC(C)CC(C)(C)C. The van der Waals surface area contributed by atoms with Gasteiger partial charge in [-0.3, -0.25) is 0 Å². The maximum absolute atomic E-state index is 3.74. The molecule has 1 aromatic rings. The standard InChI is InChI=1S/C17H30BrNS/c1-6-8-19-14(10-13(2)12-17(3,4)5)11-16-15(18)7-9-20-16/h7,9,13-14,19H,6,8,10-12H2,1-5H3. The van der Waals surface area contributed by atoms with E-state index in [0.717, 1.165) is 18.9 Å². The molecular formula is C17H30BrNS. The van der Waals surface area contributed by atoms with Gasteiger partial charge in [-0.2, -0.15) is 0 Å². The maximum atomic E-state index is 3.74. The van der Waals surface area contributed by atoms with Crippen LogP contribution < -0.4 is 5.32 Å². The Hall–Kier alpha value is 0.140. The minimum atomic E-state index is 0.429. The van der Waals surface area contributed by atoms with Crippen LogP contribution in [0.2, 0.25) is 0 Å². The monoisotopic (exact) mass is 359 g/mol. The van der Waals surface area contributed by atoms with E-state index >= 15 is 0 Å². The van der Waals surface area contributed by atoms with Crippen molar-refractivity contribution in [2.75, 3.05) is 6.54 Å². The molecule has 0 spiro atoms. The molecule has 1 nitrogen and oxygen atoms in total. The average Bonchev–Trinajstić information content (AvgIpc) is 2.69. The van der Waals surface area contributed by atoms with E-state index in [0.29, 0.717) is 11.5 Å². The van der Waals surface area contributed by atoms with Crippen LogP contribution in [0.1, 0.15) is 58.8 Å². The minimum absolute atomic E-state index is 0.429. The van der Waals surface area contributed by atoms with E-state index in [9.17, 15) is 0 Å². The maximum Gasteiger partial charge on any atom is 0.0314 e. The highest BCUT2D eigenvalue weighted by molar-refractivity contribution is 9.10. The molecule has 2 unspecified atom stereocenters. The summed E-state index contributed by atoms with van der Waals surface area (Å²) in [6, 6.07) is 2.76. The lowest BCUT2D eigenvalue weighted by molar-refractivity contribution is 0.274. The van der Waals surface area contributed by atoms with Crippen molar-refractivity contribution in [3.05, 3.63) is 20.8 Å². The number of halogens is 1. The Balaban J connectivity index is 2.57. The molecule has 0 aliphatic heterocycles. The highest BCUT2D eigenvalue weighted by atomic mass is 79.9. The summed E-state index contributed by atoms with van der Waals surface area (Å²) in [6.07, 6.45) is 4.91. The molecule has 1 aromatic heterocycles. The van der Waals surface area contributed by atoms with Crippen molar-refractivity contribution in [2.45, 2.75) is 66.3 Å². The molecule has 0 aliphatic rings. The summed E-state index contributed by atoms with van der Waals surface area (Å²) in [5.74, 6) is 0.767. The number of thiophene rings is 1. The highest BCUT2D eigenvalue weighted by Crippen LogP contribution is 2.29. The Bertz CT molecular complexity index is 381. The summed E-state index contributed by atoms with van der Waals surface area (Å²) in [5.41, 5.74) is 0.429. The van der Waals surface area contributed by atoms with E-state index in [1.165, 1.54) is 28.6 Å². The molecule has 0 radical (unpaired) electrons. The zero-order chi connectivity index (χ0) is 15.2. The Labute approximate surface area is 137 Å². The molecule has 116 valence electrons. The lowest BCUT2D eigenvalue weighted by Crippen LogP contribution is -2.34. The minimum Gasteiger partial charge on any atom is -0.314 e. The molecule has 0 aromatic carbocycles. The smallest absolute Gasteiger partial charge is 0.0314 e. The summed E-state index contributed by atoms with van der Waals surface area (Å²) in [5, 5.41) is 5.91. The summed E-state index contributed by atoms with van der Waals surface area (Å²) >= 11 is 5.53. The third-order valence-electron chi connectivity index (χ3n) is 3.45. The topological polar surface area (TPSA) is 12.0 Å². The van der Waals surface area contributed by atoms with Gasteiger partial charge in [-0.05, 0) is 70.9 Å². The fraction of sp³-hybridized carbons (Fsp3) is 0.765. The zero-order valence-electron chi connectivity index (χ0n) is 13.6. The van der Waals surface area contributed by atoms with E-state index in [-0.39, 0.29) is 0 Å². The second kappa shape index (κ2) is 8.55. The van der Waals surface area contributed by atoms with Crippen LogP contribution in [-0.2, 0) is 6.42 Å². The summed E-state index contributed by atoms with van der Waals surface area (Å²) < 4.78 is 1.27. The molecule has 3 heteroatoms. The fourth-order valence-electron chi connectivity index (χ4n) is 2.90. The summed E-state index contributed by atoms with van der Waals surface area (Å²) in [6.45, 7) is 12.8. The Morgan fingerprint density at radius 1 is 1.35 bits per heavy atom. The molecule has 0 aliphatic carbocycles. The van der Waals surface area contributed by atoms with Gasteiger partial charge in [-0.1, -0.05) is 34.6 Å². The van der Waals surface area contributed by atoms with E-state index in [4.69, 9.17) is 0 Å². The van der Waals surface area contributed by atoms with E-state index in [1.807, 2.05) is 11.3 Å². The molecule has 0 amide bonds. The third kappa shape index (κ3) is 7.24. The van der Waals surface area contributed by atoms with Crippen LogP contribution in [0.15, 0.2) is 15.9 Å². The van der Waals surface area contributed by atoms with Gasteiger partial charge in [-0.25, -0.2) is 0 Å². The van der Waals surface area contributed by atoms with Gasteiger partial charge in [0.1, 0.15) is 0 Å². The molecule has 1 rings (SSSR count). The molecule has 1 N–H and O–H groups in total. The van der Waals surface area contributed by atoms with Crippen molar-refractivity contribution in [1.82, 2.24) is 5.32 Å². The van der Waals surface area contributed by atoms with Gasteiger partial charge in [0.05, 0.1) is 0 Å². The highest BCUT2D eigenvalue weighted by Gasteiger charge is 2.20. The van der Waals surface area contributed by atoms with Crippen molar-refractivity contribution in [3.63, 3.8) is 0 Å². The molecule has 0 fully saturated rings. The van der Waals surface area contributed by atoms with Crippen molar-refractivity contribution in [2.24, 2.45) is 11.3 Å². The van der Waals surface area contributed by atoms with Crippen LogP contribution in [0, 0.1) is 11.3 Å². The van der Waals surface area contributed by atoms with Crippen molar-refractivity contribution < 1.29 is 0 Å². The predicted octanol–water partition coefficient (Wildman–Crippen LogP) is 5.88. The second-order valence-corrected chi connectivity index (χ2v) is 9.01. The van der Waals surface area contributed by atoms with Gasteiger partial charge in [0, 0.05) is 15.4 Å². The van der Waals surface area contributed by atoms with Gasteiger partial charge in [0.15, 0.2) is 0 Å². The predicted molar refractivity (Wildman–Crippen MR) is 95.7 cm³/mol. The van der Waals surface area contributed by atoms with E-state index in [1.54, 1.807) is 0 Å². The average molecular weight is 360 g/mol. The Morgan fingerprint density at radius 3 is 2.55 bits per heavy atom. The van der Waals surface area contributed by atoms with E-state index < -0.39 is 0 Å². The molecule has 0 saturated heterocycles. The zero-order valence-corrected chi connectivity index (χ0v) is 16.0.